The van der Waals surface area contributed by atoms with Crippen LogP contribution in [0.5, 0.6) is 0 Å². The summed E-state index contributed by atoms with van der Waals surface area (Å²) in [7, 11) is 1.68. The molecule has 5 nitrogen and oxygen atoms in total. The molecule has 0 radical (unpaired) electrons. The molecule has 0 fully saturated rings. The largest absolute Gasteiger partial charge is 0.355 e. The predicted octanol–water partition coefficient (Wildman–Crippen LogP) is 2.69. The first-order valence-electron chi connectivity index (χ1n) is 8.46. The van der Waals surface area contributed by atoms with Crippen molar-refractivity contribution in [1.82, 2.24) is 14.9 Å². The van der Waals surface area contributed by atoms with Gasteiger partial charge in [-0.3, -0.25) is 14.2 Å². The van der Waals surface area contributed by atoms with Gasteiger partial charge in [-0.05, 0) is 36.6 Å². The normalized spacial score (nSPS) is 10.8. The summed E-state index contributed by atoms with van der Waals surface area (Å²) in [6.07, 6.45) is 0.801. The van der Waals surface area contributed by atoms with E-state index in [1.54, 1.807) is 13.1 Å². The molecule has 0 aliphatic rings. The lowest BCUT2D eigenvalue weighted by Gasteiger charge is -2.09. The van der Waals surface area contributed by atoms with Crippen molar-refractivity contribution in [3.8, 4) is 0 Å². The number of hydrogen-bond acceptors (Lipinski definition) is 4. The average molecular weight is 367 g/mol. The van der Waals surface area contributed by atoms with Gasteiger partial charge in [-0.15, -0.1) is 0 Å². The molecule has 1 amide bonds. The second kappa shape index (κ2) is 8.19. The van der Waals surface area contributed by atoms with Crippen LogP contribution in [0.25, 0.3) is 10.9 Å². The van der Waals surface area contributed by atoms with Crippen LogP contribution in [0.1, 0.15) is 11.1 Å². The number of benzene rings is 2. The first-order chi connectivity index (χ1) is 12.6. The molecule has 26 heavy (non-hydrogen) atoms. The molecule has 6 heteroatoms. The van der Waals surface area contributed by atoms with E-state index in [-0.39, 0.29) is 17.2 Å². The molecule has 0 unspecified atom stereocenters. The van der Waals surface area contributed by atoms with Crippen LogP contribution in [-0.2, 0) is 18.3 Å². The maximum Gasteiger partial charge on any atom is 0.261 e. The highest BCUT2D eigenvalue weighted by molar-refractivity contribution is 7.99. The molecule has 134 valence electrons. The molecule has 1 aromatic heterocycles. The molecular formula is C20H21N3O2S. The molecule has 3 aromatic rings. The van der Waals surface area contributed by atoms with E-state index in [0.29, 0.717) is 22.6 Å². The van der Waals surface area contributed by atoms with E-state index in [9.17, 15) is 9.59 Å². The number of aromatic nitrogens is 2. The van der Waals surface area contributed by atoms with Crippen LogP contribution in [0, 0.1) is 6.92 Å². The maximum atomic E-state index is 12.4. The van der Waals surface area contributed by atoms with E-state index in [2.05, 4.69) is 29.4 Å². The maximum absolute atomic E-state index is 12.4. The molecule has 0 bridgehead atoms. The Morgan fingerprint density at radius 1 is 1.15 bits per heavy atom. The molecule has 1 heterocycles. The predicted molar refractivity (Wildman–Crippen MR) is 106 cm³/mol. The fourth-order valence-electron chi connectivity index (χ4n) is 2.73. The molecule has 0 atom stereocenters. The topological polar surface area (TPSA) is 64.0 Å². The average Bonchev–Trinajstić information content (AvgIpc) is 2.65. The summed E-state index contributed by atoms with van der Waals surface area (Å²) in [4.78, 5) is 29.0. The monoisotopic (exact) mass is 367 g/mol. The highest BCUT2D eigenvalue weighted by Gasteiger charge is 2.10. The van der Waals surface area contributed by atoms with Crippen molar-refractivity contribution < 1.29 is 4.79 Å². The Morgan fingerprint density at radius 2 is 1.88 bits per heavy atom. The van der Waals surface area contributed by atoms with Gasteiger partial charge in [0.1, 0.15) is 0 Å². The third kappa shape index (κ3) is 4.14. The van der Waals surface area contributed by atoms with Crippen molar-refractivity contribution >= 4 is 28.6 Å². The lowest BCUT2D eigenvalue weighted by molar-refractivity contribution is -0.118. The molecule has 0 spiro atoms. The SMILES string of the molecule is Cc1ccccc1CCNC(=O)CSc1nc2ccccc2c(=O)n1C. The van der Waals surface area contributed by atoms with Gasteiger partial charge < -0.3 is 5.32 Å². The summed E-state index contributed by atoms with van der Waals surface area (Å²) in [6.45, 7) is 2.66. The standard InChI is InChI=1S/C20H21N3O2S/c1-14-7-3-4-8-15(14)11-12-21-18(24)13-26-20-22-17-10-6-5-9-16(17)19(25)23(20)2/h3-10H,11-13H2,1-2H3,(H,21,24). The number of amides is 1. The van der Waals surface area contributed by atoms with Crippen molar-refractivity contribution in [2.45, 2.75) is 18.5 Å². The molecule has 0 saturated carbocycles. The Balaban J connectivity index is 1.58. The van der Waals surface area contributed by atoms with Crippen molar-refractivity contribution in [3.63, 3.8) is 0 Å². The van der Waals surface area contributed by atoms with Crippen molar-refractivity contribution in [2.75, 3.05) is 12.3 Å². The lowest BCUT2D eigenvalue weighted by Crippen LogP contribution is -2.28. The summed E-state index contributed by atoms with van der Waals surface area (Å²) in [5.74, 6) is 0.165. The number of fused-ring (bicyclic) bond motifs is 1. The zero-order chi connectivity index (χ0) is 18.5. The fraction of sp³-hybridized carbons (Fsp3) is 0.250. The third-order valence-electron chi connectivity index (χ3n) is 4.25. The Labute approximate surface area is 156 Å². The van der Waals surface area contributed by atoms with Crippen LogP contribution in [0.15, 0.2) is 58.5 Å². The molecule has 2 aromatic carbocycles. The van der Waals surface area contributed by atoms with E-state index >= 15 is 0 Å². The van der Waals surface area contributed by atoms with Gasteiger partial charge in [0.2, 0.25) is 5.91 Å². The molecule has 0 aliphatic heterocycles. The lowest BCUT2D eigenvalue weighted by atomic mass is 10.1. The van der Waals surface area contributed by atoms with Gasteiger partial charge >= 0.3 is 0 Å². The van der Waals surface area contributed by atoms with Gasteiger partial charge in [0.05, 0.1) is 16.7 Å². The first kappa shape index (κ1) is 18.2. The van der Waals surface area contributed by atoms with E-state index < -0.39 is 0 Å². The van der Waals surface area contributed by atoms with Gasteiger partial charge in [0.25, 0.3) is 5.56 Å². The minimum absolute atomic E-state index is 0.0639. The summed E-state index contributed by atoms with van der Waals surface area (Å²) < 4.78 is 1.49. The van der Waals surface area contributed by atoms with Crippen LogP contribution < -0.4 is 10.9 Å². The Morgan fingerprint density at radius 3 is 2.69 bits per heavy atom. The minimum atomic E-state index is -0.0990. The van der Waals surface area contributed by atoms with Gasteiger partial charge in [0, 0.05) is 13.6 Å². The van der Waals surface area contributed by atoms with Gasteiger partial charge in [0.15, 0.2) is 5.16 Å². The second-order valence-corrected chi connectivity index (χ2v) is 7.03. The fourth-order valence-corrected chi connectivity index (χ4v) is 3.54. The Bertz CT molecular complexity index is 998. The van der Waals surface area contributed by atoms with E-state index in [0.717, 1.165) is 6.42 Å². The van der Waals surface area contributed by atoms with Crippen LogP contribution in [0.3, 0.4) is 0 Å². The molecule has 1 N–H and O–H groups in total. The van der Waals surface area contributed by atoms with E-state index in [1.165, 1.54) is 27.5 Å². The number of carbonyl (C=O) groups excluding carboxylic acids is 1. The van der Waals surface area contributed by atoms with E-state index in [1.807, 2.05) is 30.3 Å². The molecular weight excluding hydrogens is 346 g/mol. The number of thioether (sulfide) groups is 1. The van der Waals surface area contributed by atoms with Crippen molar-refractivity contribution in [3.05, 3.63) is 70.0 Å². The molecule has 0 saturated heterocycles. The summed E-state index contributed by atoms with van der Waals surface area (Å²) in [6, 6.07) is 15.4. The number of para-hydroxylation sites is 1. The van der Waals surface area contributed by atoms with Crippen LogP contribution in [0.2, 0.25) is 0 Å². The van der Waals surface area contributed by atoms with Crippen LogP contribution in [-0.4, -0.2) is 27.8 Å². The number of nitrogens with zero attached hydrogens (tertiary/aromatic N) is 2. The number of nitrogens with one attached hydrogen (secondary N) is 1. The molecule has 0 aliphatic carbocycles. The highest BCUT2D eigenvalue weighted by atomic mass is 32.2. The smallest absolute Gasteiger partial charge is 0.261 e. The second-order valence-electron chi connectivity index (χ2n) is 6.09. The Hall–Kier alpha value is -2.60. The number of carbonyl (C=O) groups is 1. The van der Waals surface area contributed by atoms with E-state index in [4.69, 9.17) is 0 Å². The number of aryl methyl sites for hydroxylation is 1. The number of hydrogen-bond donors (Lipinski definition) is 1. The van der Waals surface area contributed by atoms with Crippen LogP contribution >= 0.6 is 11.8 Å². The van der Waals surface area contributed by atoms with Crippen LogP contribution in [0.4, 0.5) is 0 Å². The summed E-state index contributed by atoms with van der Waals surface area (Å²) in [5, 5.41) is 4.05. The van der Waals surface area contributed by atoms with Crippen molar-refractivity contribution in [1.29, 1.82) is 0 Å². The Kier molecular flexibility index (Phi) is 5.73. The quantitative estimate of drug-likeness (QED) is 0.537. The number of rotatable bonds is 6. The minimum Gasteiger partial charge on any atom is -0.355 e. The third-order valence-corrected chi connectivity index (χ3v) is 5.28. The zero-order valence-electron chi connectivity index (χ0n) is 14.9. The van der Waals surface area contributed by atoms with Gasteiger partial charge in [-0.25, -0.2) is 4.98 Å². The first-order valence-corrected chi connectivity index (χ1v) is 9.44. The van der Waals surface area contributed by atoms with Gasteiger partial charge in [-0.2, -0.15) is 0 Å². The molecule has 3 rings (SSSR count). The van der Waals surface area contributed by atoms with Crippen molar-refractivity contribution in [2.24, 2.45) is 7.05 Å². The highest BCUT2D eigenvalue weighted by Crippen LogP contribution is 2.16. The van der Waals surface area contributed by atoms with Gasteiger partial charge in [-0.1, -0.05) is 48.2 Å². The summed E-state index contributed by atoms with van der Waals surface area (Å²) >= 11 is 1.27. The summed E-state index contributed by atoms with van der Waals surface area (Å²) in [5.41, 5.74) is 3.02. The zero-order valence-corrected chi connectivity index (χ0v) is 15.7.